The Balaban J connectivity index is 1.71. The fraction of sp³-hybridized carbons (Fsp3) is 0.238. The summed E-state index contributed by atoms with van der Waals surface area (Å²) in [5, 5.41) is 10.2. The van der Waals surface area contributed by atoms with Crippen LogP contribution < -0.4 is 10.9 Å². The number of alkyl halides is 3. The Morgan fingerprint density at radius 2 is 1.80 bits per heavy atom. The lowest BCUT2D eigenvalue weighted by Crippen LogP contribution is -2.32. The van der Waals surface area contributed by atoms with Gasteiger partial charge in [0, 0.05) is 34.4 Å². The molecule has 0 saturated carbocycles. The fourth-order valence-corrected chi connectivity index (χ4v) is 5.29. The summed E-state index contributed by atoms with van der Waals surface area (Å²) in [5.74, 6) is -1.06. The second-order valence-corrected chi connectivity index (χ2v) is 8.43. The van der Waals surface area contributed by atoms with Gasteiger partial charge in [0.05, 0.1) is 11.1 Å². The Labute approximate surface area is 172 Å². The van der Waals surface area contributed by atoms with Crippen molar-refractivity contribution in [2.24, 2.45) is 0 Å². The van der Waals surface area contributed by atoms with Crippen molar-refractivity contribution in [1.82, 2.24) is 10.2 Å². The van der Waals surface area contributed by atoms with E-state index in [9.17, 15) is 22.8 Å². The van der Waals surface area contributed by atoms with Crippen LogP contribution in [0.4, 0.5) is 19.0 Å². The number of hydrogen-bond acceptors (Lipinski definition) is 4. The fourth-order valence-electron chi connectivity index (χ4n) is 4.46. The molecule has 0 spiro atoms. The molecule has 5 rings (SSSR count). The molecular formula is C21H16F3N3O2S. The lowest BCUT2D eigenvalue weighted by molar-refractivity contribution is -0.138. The molecule has 30 heavy (non-hydrogen) atoms. The molecular weight excluding hydrogens is 415 g/mol. The van der Waals surface area contributed by atoms with Gasteiger partial charge in [0.2, 0.25) is 0 Å². The number of carbonyl (C=O) groups is 1. The standard InChI is InChI=1S/C21H16F3N3O2S/c22-21(23,24)12-5-2-1-4-11(12)16-17-13(25-19-18(16)20(29)27-26-19)8-10(9-14(17)28)15-6-3-7-30-15/h1-7,10,16H,8-9H2,(H3,25,26,27,29)/t10-,16-/m0/s1. The van der Waals surface area contributed by atoms with Crippen LogP contribution in [-0.4, -0.2) is 16.0 Å². The van der Waals surface area contributed by atoms with Crippen LogP contribution in [-0.2, 0) is 11.0 Å². The molecule has 0 amide bonds. The van der Waals surface area contributed by atoms with E-state index in [2.05, 4.69) is 15.5 Å². The molecule has 1 aliphatic carbocycles. The van der Waals surface area contributed by atoms with E-state index in [1.807, 2.05) is 17.5 Å². The van der Waals surface area contributed by atoms with Crippen molar-refractivity contribution >= 4 is 22.9 Å². The van der Waals surface area contributed by atoms with E-state index >= 15 is 0 Å². The first-order valence-corrected chi connectivity index (χ1v) is 10.3. The lowest BCUT2D eigenvalue weighted by Gasteiger charge is -2.35. The Morgan fingerprint density at radius 1 is 1.00 bits per heavy atom. The lowest BCUT2D eigenvalue weighted by atomic mass is 9.73. The molecule has 0 saturated heterocycles. The maximum absolute atomic E-state index is 13.8. The third-order valence-corrected chi connectivity index (χ3v) is 6.73. The van der Waals surface area contributed by atoms with Gasteiger partial charge in [-0.15, -0.1) is 11.3 Å². The number of allylic oxidation sites excluding steroid dienone is 2. The summed E-state index contributed by atoms with van der Waals surface area (Å²) >= 11 is 1.55. The molecule has 1 aromatic carbocycles. The van der Waals surface area contributed by atoms with E-state index in [1.165, 1.54) is 18.2 Å². The van der Waals surface area contributed by atoms with Crippen LogP contribution >= 0.6 is 11.3 Å². The highest BCUT2D eigenvalue weighted by Gasteiger charge is 2.44. The van der Waals surface area contributed by atoms with Crippen LogP contribution in [0.2, 0.25) is 0 Å². The van der Waals surface area contributed by atoms with Gasteiger partial charge in [-0.1, -0.05) is 24.3 Å². The number of halogens is 3. The van der Waals surface area contributed by atoms with Crippen molar-refractivity contribution in [3.63, 3.8) is 0 Å². The van der Waals surface area contributed by atoms with Crippen LogP contribution in [0.3, 0.4) is 0 Å². The molecule has 2 atom stereocenters. The number of Topliss-reactive ketones (excluding diaryl/α,β-unsaturated/α-hetero) is 1. The number of thiophene rings is 1. The molecule has 5 nitrogen and oxygen atoms in total. The largest absolute Gasteiger partial charge is 0.416 e. The van der Waals surface area contributed by atoms with Gasteiger partial charge >= 0.3 is 6.18 Å². The number of fused-ring (bicyclic) bond motifs is 1. The molecule has 3 N–H and O–H groups in total. The number of aromatic nitrogens is 2. The number of aromatic amines is 2. The second kappa shape index (κ2) is 6.73. The van der Waals surface area contributed by atoms with Gasteiger partial charge in [-0.05, 0) is 29.5 Å². The second-order valence-electron chi connectivity index (χ2n) is 7.45. The van der Waals surface area contributed by atoms with Gasteiger partial charge in [-0.2, -0.15) is 13.2 Å². The Hall–Kier alpha value is -3.07. The molecule has 0 fully saturated rings. The zero-order valence-electron chi connectivity index (χ0n) is 15.5. The predicted molar refractivity (Wildman–Crippen MR) is 107 cm³/mol. The van der Waals surface area contributed by atoms with E-state index in [4.69, 9.17) is 0 Å². The monoisotopic (exact) mass is 431 g/mol. The summed E-state index contributed by atoms with van der Waals surface area (Å²) in [6, 6.07) is 9.00. The Morgan fingerprint density at radius 3 is 2.53 bits per heavy atom. The predicted octanol–water partition coefficient (Wildman–Crippen LogP) is 4.74. The highest BCUT2D eigenvalue weighted by atomic mass is 32.1. The number of hydrogen-bond donors (Lipinski definition) is 3. The molecule has 2 aliphatic rings. The number of H-pyrrole nitrogens is 2. The highest BCUT2D eigenvalue weighted by molar-refractivity contribution is 7.10. The van der Waals surface area contributed by atoms with E-state index < -0.39 is 23.2 Å². The van der Waals surface area contributed by atoms with Gasteiger partial charge in [0.15, 0.2) is 5.78 Å². The Bertz CT molecular complexity index is 1220. The minimum Gasteiger partial charge on any atom is -0.343 e. The first-order valence-electron chi connectivity index (χ1n) is 9.38. The minimum atomic E-state index is -4.61. The topological polar surface area (TPSA) is 77.8 Å². The quantitative estimate of drug-likeness (QED) is 0.548. The van der Waals surface area contributed by atoms with Gasteiger partial charge in [-0.3, -0.25) is 19.8 Å². The average molecular weight is 431 g/mol. The maximum atomic E-state index is 13.8. The minimum absolute atomic E-state index is 0.0468. The van der Waals surface area contributed by atoms with E-state index in [1.54, 1.807) is 11.3 Å². The number of carbonyl (C=O) groups excluding carboxylic acids is 1. The molecule has 1 aliphatic heterocycles. The molecule has 0 unspecified atom stereocenters. The first-order chi connectivity index (χ1) is 14.3. The average Bonchev–Trinajstić information content (AvgIpc) is 3.36. The summed E-state index contributed by atoms with van der Waals surface area (Å²) < 4.78 is 41.3. The van der Waals surface area contributed by atoms with E-state index in [0.717, 1.165) is 10.9 Å². The summed E-state index contributed by atoms with van der Waals surface area (Å²) in [6.45, 7) is 0. The third-order valence-electron chi connectivity index (χ3n) is 5.70. The van der Waals surface area contributed by atoms with Crippen LogP contribution in [0.5, 0.6) is 0 Å². The molecule has 2 aromatic heterocycles. The zero-order valence-corrected chi connectivity index (χ0v) is 16.3. The maximum Gasteiger partial charge on any atom is 0.416 e. The number of rotatable bonds is 2. The molecule has 3 aromatic rings. The summed E-state index contributed by atoms with van der Waals surface area (Å²) in [5.41, 5.74) is -0.559. The van der Waals surface area contributed by atoms with E-state index in [-0.39, 0.29) is 34.8 Å². The van der Waals surface area contributed by atoms with Crippen LogP contribution in [0, 0.1) is 0 Å². The molecule has 154 valence electrons. The SMILES string of the molecule is O=C1C[C@@H](c2cccs2)CC2=C1[C@H](c1ccccc1C(F)(F)F)c1c([nH][nH]c1=O)N2. The smallest absolute Gasteiger partial charge is 0.343 e. The molecule has 9 heteroatoms. The van der Waals surface area contributed by atoms with Crippen LogP contribution in [0.15, 0.2) is 57.8 Å². The highest BCUT2D eigenvalue weighted by Crippen LogP contribution is 2.49. The van der Waals surface area contributed by atoms with Gasteiger partial charge in [0.25, 0.3) is 5.56 Å². The first kappa shape index (κ1) is 18.9. The van der Waals surface area contributed by atoms with Crippen LogP contribution in [0.25, 0.3) is 0 Å². The van der Waals surface area contributed by atoms with Crippen molar-refractivity contribution < 1.29 is 18.0 Å². The number of benzene rings is 1. The Kier molecular flexibility index (Phi) is 4.25. The molecule has 3 heterocycles. The summed E-state index contributed by atoms with van der Waals surface area (Å²) in [7, 11) is 0. The van der Waals surface area contributed by atoms with E-state index in [0.29, 0.717) is 17.9 Å². The number of ketones is 1. The van der Waals surface area contributed by atoms with Crippen molar-refractivity contribution in [2.45, 2.75) is 30.9 Å². The van der Waals surface area contributed by atoms with Crippen molar-refractivity contribution in [3.05, 3.63) is 85.0 Å². The van der Waals surface area contributed by atoms with Gasteiger partial charge in [-0.25, -0.2) is 0 Å². The van der Waals surface area contributed by atoms with Gasteiger partial charge in [0.1, 0.15) is 5.82 Å². The summed E-state index contributed by atoms with van der Waals surface area (Å²) in [4.78, 5) is 26.8. The third kappa shape index (κ3) is 2.92. The zero-order chi connectivity index (χ0) is 21.0. The molecule has 0 radical (unpaired) electrons. The van der Waals surface area contributed by atoms with Crippen LogP contribution in [0.1, 0.15) is 46.2 Å². The van der Waals surface area contributed by atoms with Crippen molar-refractivity contribution in [3.8, 4) is 0 Å². The van der Waals surface area contributed by atoms with Gasteiger partial charge < -0.3 is 5.32 Å². The summed E-state index contributed by atoms with van der Waals surface area (Å²) in [6.07, 6.45) is -3.93. The number of nitrogens with one attached hydrogen (secondary N) is 3. The molecule has 0 bridgehead atoms. The van der Waals surface area contributed by atoms with Crippen molar-refractivity contribution in [2.75, 3.05) is 5.32 Å². The van der Waals surface area contributed by atoms with Crippen molar-refractivity contribution in [1.29, 1.82) is 0 Å². The normalized spacial score (nSPS) is 21.2. The number of anilines is 1.